The van der Waals surface area contributed by atoms with Crippen molar-refractivity contribution in [3.05, 3.63) is 24.3 Å². The Labute approximate surface area is 115 Å². The van der Waals surface area contributed by atoms with E-state index in [1.807, 2.05) is 0 Å². The highest BCUT2D eigenvalue weighted by Gasteiger charge is 2.05. The van der Waals surface area contributed by atoms with Gasteiger partial charge < -0.3 is 25.8 Å². The first-order chi connectivity index (χ1) is 9.51. The van der Waals surface area contributed by atoms with Gasteiger partial charge in [0.1, 0.15) is 5.75 Å². The van der Waals surface area contributed by atoms with Gasteiger partial charge in [0.2, 0.25) is 5.91 Å². The summed E-state index contributed by atoms with van der Waals surface area (Å²) in [6, 6.07) is 5.70. The average molecular weight is 281 g/mol. The Kier molecular flexibility index (Phi) is 5.82. The number of carbonyl (C=O) groups is 3. The maximum absolute atomic E-state index is 11.5. The number of anilines is 1. The topological polar surface area (TPSA) is 117 Å². The molecule has 1 rings (SSSR count). The molecule has 0 aliphatic heterocycles. The molecule has 0 radical (unpaired) electrons. The second-order valence-corrected chi connectivity index (χ2v) is 3.69. The summed E-state index contributed by atoms with van der Waals surface area (Å²) in [4.78, 5) is 32.8. The number of ether oxygens (including phenoxy) is 1. The lowest BCUT2D eigenvalue weighted by molar-refractivity contribution is -0.139. The fraction of sp³-hybridized carbons (Fsp3) is 0.250. The number of rotatable bonds is 6. The fourth-order valence-corrected chi connectivity index (χ4v) is 1.23. The quantitative estimate of drug-likeness (QED) is 0.586. The minimum absolute atomic E-state index is 0.141. The van der Waals surface area contributed by atoms with Crippen molar-refractivity contribution in [1.82, 2.24) is 10.6 Å². The molecular weight excluding hydrogens is 266 g/mol. The van der Waals surface area contributed by atoms with Gasteiger partial charge in [0, 0.05) is 18.8 Å². The van der Waals surface area contributed by atoms with E-state index in [9.17, 15) is 14.4 Å². The molecule has 108 valence electrons. The molecule has 0 saturated carbocycles. The molecule has 3 amide bonds. The number of benzene rings is 1. The molecule has 0 aliphatic carbocycles. The summed E-state index contributed by atoms with van der Waals surface area (Å²) in [5.74, 6) is -1.10. The van der Waals surface area contributed by atoms with Crippen LogP contribution in [-0.2, 0) is 9.59 Å². The zero-order valence-corrected chi connectivity index (χ0v) is 10.8. The molecular formula is C12H15N3O5. The van der Waals surface area contributed by atoms with Gasteiger partial charge in [-0.1, -0.05) is 6.07 Å². The molecule has 1 aromatic carbocycles. The Morgan fingerprint density at radius 1 is 1.30 bits per heavy atom. The van der Waals surface area contributed by atoms with Crippen molar-refractivity contribution >= 4 is 23.6 Å². The van der Waals surface area contributed by atoms with Gasteiger partial charge in [-0.3, -0.25) is 4.79 Å². The number of carbonyl (C=O) groups excluding carboxylic acids is 2. The van der Waals surface area contributed by atoms with E-state index in [-0.39, 0.29) is 12.5 Å². The lowest BCUT2D eigenvalue weighted by Crippen LogP contribution is -2.37. The van der Waals surface area contributed by atoms with Gasteiger partial charge in [-0.2, -0.15) is 0 Å². The van der Waals surface area contributed by atoms with Crippen molar-refractivity contribution in [3.63, 3.8) is 0 Å². The smallest absolute Gasteiger partial charge is 0.341 e. The van der Waals surface area contributed by atoms with Crippen LogP contribution in [0.4, 0.5) is 10.5 Å². The fourth-order valence-electron chi connectivity index (χ4n) is 1.23. The number of urea groups is 1. The normalized spacial score (nSPS) is 9.45. The Morgan fingerprint density at radius 2 is 2.05 bits per heavy atom. The summed E-state index contributed by atoms with van der Waals surface area (Å²) in [6.07, 6.45) is 0. The SMILES string of the molecule is CNC(=O)CNC(=O)Nc1cccc(OCC(=O)O)c1. The third-order valence-electron chi connectivity index (χ3n) is 2.14. The molecule has 0 spiro atoms. The first kappa shape index (κ1) is 15.3. The molecule has 1 aromatic rings. The van der Waals surface area contributed by atoms with Crippen molar-refractivity contribution < 1.29 is 24.2 Å². The number of amides is 3. The van der Waals surface area contributed by atoms with E-state index >= 15 is 0 Å². The molecule has 0 atom stereocenters. The molecule has 0 aliphatic rings. The number of nitrogens with one attached hydrogen (secondary N) is 3. The van der Waals surface area contributed by atoms with E-state index in [1.54, 1.807) is 18.2 Å². The molecule has 8 nitrogen and oxygen atoms in total. The predicted molar refractivity (Wildman–Crippen MR) is 70.7 cm³/mol. The summed E-state index contributed by atoms with van der Waals surface area (Å²) in [5, 5.41) is 15.7. The molecule has 20 heavy (non-hydrogen) atoms. The van der Waals surface area contributed by atoms with Gasteiger partial charge >= 0.3 is 12.0 Å². The van der Waals surface area contributed by atoms with E-state index in [1.165, 1.54) is 13.1 Å². The number of hydrogen-bond donors (Lipinski definition) is 4. The van der Waals surface area contributed by atoms with Crippen LogP contribution in [0.1, 0.15) is 0 Å². The summed E-state index contributed by atoms with van der Waals surface area (Å²) in [5.41, 5.74) is 0.419. The Bertz CT molecular complexity index is 504. The highest BCUT2D eigenvalue weighted by molar-refractivity contribution is 5.92. The first-order valence-corrected chi connectivity index (χ1v) is 5.71. The van der Waals surface area contributed by atoms with Crippen LogP contribution in [0.3, 0.4) is 0 Å². The van der Waals surface area contributed by atoms with Crippen LogP contribution in [-0.4, -0.2) is 43.2 Å². The third-order valence-corrected chi connectivity index (χ3v) is 2.14. The van der Waals surface area contributed by atoms with Crippen LogP contribution in [0, 0.1) is 0 Å². The largest absolute Gasteiger partial charge is 0.482 e. The molecule has 4 N–H and O–H groups in total. The zero-order chi connectivity index (χ0) is 15.0. The molecule has 0 heterocycles. The lowest BCUT2D eigenvalue weighted by Gasteiger charge is -2.09. The number of carboxylic acids is 1. The highest BCUT2D eigenvalue weighted by atomic mass is 16.5. The summed E-state index contributed by atoms with van der Waals surface area (Å²) in [7, 11) is 1.46. The Morgan fingerprint density at radius 3 is 2.70 bits per heavy atom. The van der Waals surface area contributed by atoms with Crippen LogP contribution in [0.5, 0.6) is 5.75 Å². The van der Waals surface area contributed by atoms with Crippen LogP contribution in [0.2, 0.25) is 0 Å². The number of aliphatic carboxylic acids is 1. The zero-order valence-electron chi connectivity index (χ0n) is 10.8. The summed E-state index contributed by atoms with van der Waals surface area (Å²) in [6.45, 7) is -0.607. The Hall–Kier alpha value is -2.77. The minimum Gasteiger partial charge on any atom is -0.482 e. The monoisotopic (exact) mass is 281 g/mol. The Balaban J connectivity index is 2.50. The van der Waals surface area contributed by atoms with E-state index < -0.39 is 18.6 Å². The van der Waals surface area contributed by atoms with Gasteiger partial charge in [-0.25, -0.2) is 9.59 Å². The standard InChI is InChI=1S/C12H15N3O5/c1-13-10(16)6-14-12(19)15-8-3-2-4-9(5-8)20-7-11(17)18/h2-5H,6-7H2,1H3,(H,13,16)(H,17,18)(H2,14,15,19). The van der Waals surface area contributed by atoms with E-state index in [0.717, 1.165) is 0 Å². The van der Waals surface area contributed by atoms with Crippen LogP contribution < -0.4 is 20.7 Å². The summed E-state index contributed by atoms with van der Waals surface area (Å²) >= 11 is 0. The van der Waals surface area contributed by atoms with Gasteiger partial charge in [-0.15, -0.1) is 0 Å². The van der Waals surface area contributed by atoms with Crippen molar-refractivity contribution in [2.75, 3.05) is 25.5 Å². The maximum Gasteiger partial charge on any atom is 0.341 e. The second-order valence-electron chi connectivity index (χ2n) is 3.69. The second kappa shape index (κ2) is 7.62. The van der Waals surface area contributed by atoms with E-state index in [4.69, 9.17) is 9.84 Å². The van der Waals surface area contributed by atoms with Crippen molar-refractivity contribution in [1.29, 1.82) is 0 Å². The number of likely N-dealkylation sites (N-methyl/N-ethyl adjacent to an activating group) is 1. The molecule has 0 unspecified atom stereocenters. The van der Waals surface area contributed by atoms with Gasteiger partial charge in [0.25, 0.3) is 0 Å². The predicted octanol–water partition coefficient (Wildman–Crippen LogP) is 0.0175. The van der Waals surface area contributed by atoms with E-state index in [2.05, 4.69) is 16.0 Å². The first-order valence-electron chi connectivity index (χ1n) is 5.71. The van der Waals surface area contributed by atoms with Gasteiger partial charge in [0.05, 0.1) is 6.54 Å². The van der Waals surface area contributed by atoms with Gasteiger partial charge in [-0.05, 0) is 12.1 Å². The third kappa shape index (κ3) is 5.71. The van der Waals surface area contributed by atoms with Gasteiger partial charge in [0.15, 0.2) is 6.61 Å². The number of carboxylic acid groups (broad SMARTS) is 1. The molecule has 0 saturated heterocycles. The molecule has 0 bridgehead atoms. The maximum atomic E-state index is 11.5. The van der Waals surface area contributed by atoms with Crippen molar-refractivity contribution in [2.24, 2.45) is 0 Å². The average Bonchev–Trinajstić information content (AvgIpc) is 2.43. The number of hydrogen-bond acceptors (Lipinski definition) is 4. The summed E-state index contributed by atoms with van der Waals surface area (Å²) < 4.78 is 4.97. The molecule has 0 fully saturated rings. The highest BCUT2D eigenvalue weighted by Crippen LogP contribution is 2.17. The van der Waals surface area contributed by atoms with Crippen molar-refractivity contribution in [2.45, 2.75) is 0 Å². The molecule has 8 heteroatoms. The van der Waals surface area contributed by atoms with Crippen LogP contribution >= 0.6 is 0 Å². The van der Waals surface area contributed by atoms with E-state index in [0.29, 0.717) is 11.4 Å². The van der Waals surface area contributed by atoms with Crippen LogP contribution in [0.25, 0.3) is 0 Å². The lowest BCUT2D eigenvalue weighted by atomic mass is 10.3. The minimum atomic E-state index is -1.09. The van der Waals surface area contributed by atoms with Crippen LogP contribution in [0.15, 0.2) is 24.3 Å². The van der Waals surface area contributed by atoms with Crippen molar-refractivity contribution in [3.8, 4) is 5.75 Å². The molecule has 0 aromatic heterocycles.